The van der Waals surface area contributed by atoms with E-state index in [1.165, 1.54) is 12.0 Å². The lowest BCUT2D eigenvalue weighted by Crippen LogP contribution is -2.52. The molecular formula is C21H32FN3O. The molecule has 0 amide bonds. The predicted octanol–water partition coefficient (Wildman–Crippen LogP) is 3.43. The maximum Gasteiger partial charge on any atom is 0.193 e. The number of nitrogens with one attached hydrogen (secondary N) is 1. The summed E-state index contributed by atoms with van der Waals surface area (Å²) in [6.07, 6.45) is 3.16. The number of ether oxygens (including phenoxy) is 1. The number of piperidine rings is 1. The molecule has 3 rings (SSSR count). The summed E-state index contributed by atoms with van der Waals surface area (Å²) in [6, 6.07) is 6.98. The summed E-state index contributed by atoms with van der Waals surface area (Å²) in [5, 5.41) is 3.63. The molecule has 1 aromatic carbocycles. The van der Waals surface area contributed by atoms with Crippen molar-refractivity contribution in [3.05, 3.63) is 35.6 Å². The van der Waals surface area contributed by atoms with Crippen molar-refractivity contribution in [3.63, 3.8) is 0 Å². The average Bonchev–Trinajstić information content (AvgIpc) is 2.63. The number of halogens is 1. The van der Waals surface area contributed by atoms with Crippen LogP contribution in [0.2, 0.25) is 0 Å². The van der Waals surface area contributed by atoms with Crippen molar-refractivity contribution in [1.29, 1.82) is 0 Å². The fraction of sp³-hybridized carbons (Fsp3) is 0.667. The monoisotopic (exact) mass is 361 g/mol. The van der Waals surface area contributed by atoms with Crippen LogP contribution in [0.5, 0.6) is 0 Å². The minimum absolute atomic E-state index is 0.0328. The number of benzene rings is 1. The molecule has 0 bridgehead atoms. The first-order valence-corrected chi connectivity index (χ1v) is 9.82. The van der Waals surface area contributed by atoms with Crippen LogP contribution in [0.1, 0.15) is 38.7 Å². The molecule has 0 radical (unpaired) electrons. The molecule has 2 aliphatic heterocycles. The summed E-state index contributed by atoms with van der Waals surface area (Å²) in [4.78, 5) is 6.93. The van der Waals surface area contributed by atoms with Gasteiger partial charge in [-0.25, -0.2) is 4.39 Å². The quantitative estimate of drug-likeness (QED) is 0.662. The number of rotatable bonds is 3. The Bertz CT molecular complexity index is 600. The van der Waals surface area contributed by atoms with E-state index in [0.29, 0.717) is 11.8 Å². The first-order valence-electron chi connectivity index (χ1n) is 9.82. The van der Waals surface area contributed by atoms with E-state index in [4.69, 9.17) is 4.74 Å². The summed E-state index contributed by atoms with van der Waals surface area (Å²) in [5.74, 6) is 2.17. The van der Waals surface area contributed by atoms with Crippen LogP contribution in [-0.4, -0.2) is 50.8 Å². The maximum atomic E-state index is 13.4. The van der Waals surface area contributed by atoms with Crippen molar-refractivity contribution >= 4 is 5.96 Å². The second-order valence-electron chi connectivity index (χ2n) is 8.15. The number of hydrogen-bond acceptors (Lipinski definition) is 2. The smallest absolute Gasteiger partial charge is 0.193 e. The lowest BCUT2D eigenvalue weighted by molar-refractivity contribution is 0.0510. The zero-order chi connectivity index (χ0) is 18.6. The fourth-order valence-corrected chi connectivity index (χ4v) is 4.55. The fourth-order valence-electron chi connectivity index (χ4n) is 4.55. The van der Waals surface area contributed by atoms with Crippen LogP contribution in [0.25, 0.3) is 0 Å². The summed E-state index contributed by atoms with van der Waals surface area (Å²) in [7, 11) is 1.86. The van der Waals surface area contributed by atoms with Crippen molar-refractivity contribution < 1.29 is 9.13 Å². The molecule has 0 aliphatic carbocycles. The summed E-state index contributed by atoms with van der Waals surface area (Å²) in [6.45, 7) is 9.02. The van der Waals surface area contributed by atoms with E-state index in [1.807, 2.05) is 19.2 Å². The molecule has 5 heteroatoms. The van der Waals surface area contributed by atoms with Crippen LogP contribution < -0.4 is 5.32 Å². The third-order valence-electron chi connectivity index (χ3n) is 5.87. The molecule has 4 nitrogen and oxygen atoms in total. The van der Waals surface area contributed by atoms with E-state index < -0.39 is 0 Å². The van der Waals surface area contributed by atoms with Crippen molar-refractivity contribution in [2.45, 2.75) is 38.5 Å². The number of nitrogens with zero attached hydrogens (tertiary/aromatic N) is 2. The second kappa shape index (κ2) is 8.38. The number of guanidine groups is 1. The molecule has 2 unspecified atom stereocenters. The molecule has 2 atom stereocenters. The third kappa shape index (κ3) is 4.37. The van der Waals surface area contributed by atoms with Crippen LogP contribution >= 0.6 is 0 Å². The van der Waals surface area contributed by atoms with E-state index in [9.17, 15) is 4.39 Å². The highest BCUT2D eigenvalue weighted by Crippen LogP contribution is 2.34. The maximum absolute atomic E-state index is 13.4. The molecule has 2 fully saturated rings. The standard InChI is InChI=1S/C21H32FN3O/c1-16-12-17(2)14-25(13-16)20(23-3)24-15-21(8-10-26-11-9-21)18-4-6-19(22)7-5-18/h4-7,16-17H,8-15H2,1-3H3,(H,23,24). The van der Waals surface area contributed by atoms with Crippen molar-refractivity contribution in [3.8, 4) is 0 Å². The largest absolute Gasteiger partial charge is 0.381 e. The Labute approximate surface area is 156 Å². The van der Waals surface area contributed by atoms with Gasteiger partial charge in [0.25, 0.3) is 0 Å². The van der Waals surface area contributed by atoms with Gasteiger partial charge >= 0.3 is 0 Å². The number of aliphatic imine (C=N–C) groups is 1. The minimum Gasteiger partial charge on any atom is -0.381 e. The zero-order valence-corrected chi connectivity index (χ0v) is 16.3. The lowest BCUT2D eigenvalue weighted by Gasteiger charge is -2.41. The van der Waals surface area contributed by atoms with Gasteiger partial charge in [0.1, 0.15) is 5.82 Å². The minimum atomic E-state index is -0.184. The van der Waals surface area contributed by atoms with Crippen molar-refractivity contribution in [1.82, 2.24) is 10.2 Å². The molecule has 0 saturated carbocycles. The lowest BCUT2D eigenvalue weighted by atomic mass is 9.74. The van der Waals surface area contributed by atoms with Gasteiger partial charge in [-0.05, 0) is 48.8 Å². The van der Waals surface area contributed by atoms with Gasteiger partial charge in [0.2, 0.25) is 0 Å². The molecule has 2 saturated heterocycles. The molecule has 2 heterocycles. The molecule has 144 valence electrons. The highest BCUT2D eigenvalue weighted by atomic mass is 19.1. The van der Waals surface area contributed by atoms with Gasteiger partial charge in [0.05, 0.1) is 0 Å². The summed E-state index contributed by atoms with van der Waals surface area (Å²) >= 11 is 0. The Hall–Kier alpha value is -1.62. The van der Waals surface area contributed by atoms with E-state index >= 15 is 0 Å². The number of likely N-dealkylation sites (tertiary alicyclic amines) is 1. The van der Waals surface area contributed by atoms with Crippen LogP contribution in [-0.2, 0) is 10.2 Å². The average molecular weight is 362 g/mol. The van der Waals surface area contributed by atoms with Crippen molar-refractivity contribution in [2.75, 3.05) is 39.9 Å². The topological polar surface area (TPSA) is 36.9 Å². The zero-order valence-electron chi connectivity index (χ0n) is 16.3. The van der Waals surface area contributed by atoms with E-state index in [0.717, 1.165) is 51.6 Å². The summed E-state index contributed by atoms with van der Waals surface area (Å²) in [5.41, 5.74) is 1.15. The van der Waals surface area contributed by atoms with E-state index in [2.05, 4.69) is 29.1 Å². The van der Waals surface area contributed by atoms with Gasteiger partial charge in [-0.1, -0.05) is 26.0 Å². The Morgan fingerprint density at radius 2 is 1.81 bits per heavy atom. The van der Waals surface area contributed by atoms with Gasteiger partial charge in [-0.3, -0.25) is 4.99 Å². The highest BCUT2D eigenvalue weighted by Gasteiger charge is 2.35. The Morgan fingerprint density at radius 1 is 1.19 bits per heavy atom. The molecule has 2 aliphatic rings. The molecule has 1 aromatic rings. The summed E-state index contributed by atoms with van der Waals surface area (Å²) < 4.78 is 19.0. The van der Waals surface area contributed by atoms with E-state index in [-0.39, 0.29) is 11.2 Å². The molecule has 1 N–H and O–H groups in total. The molecule has 0 aromatic heterocycles. The first-order chi connectivity index (χ1) is 12.5. The van der Waals surface area contributed by atoms with Gasteiger partial charge in [0, 0.05) is 45.3 Å². The van der Waals surface area contributed by atoms with Crippen molar-refractivity contribution in [2.24, 2.45) is 16.8 Å². The normalized spacial score (nSPS) is 26.6. The van der Waals surface area contributed by atoms with Crippen LogP contribution in [0, 0.1) is 17.7 Å². The van der Waals surface area contributed by atoms with Gasteiger partial charge < -0.3 is 15.0 Å². The molecule has 26 heavy (non-hydrogen) atoms. The van der Waals surface area contributed by atoms with E-state index in [1.54, 1.807) is 12.1 Å². The number of hydrogen-bond donors (Lipinski definition) is 1. The van der Waals surface area contributed by atoms with Crippen LogP contribution in [0.4, 0.5) is 4.39 Å². The van der Waals surface area contributed by atoms with Crippen LogP contribution in [0.3, 0.4) is 0 Å². The molecular weight excluding hydrogens is 329 g/mol. The third-order valence-corrected chi connectivity index (χ3v) is 5.87. The van der Waals surface area contributed by atoms with Crippen LogP contribution in [0.15, 0.2) is 29.3 Å². The SMILES string of the molecule is CN=C(NCC1(c2ccc(F)cc2)CCOCC1)N1CC(C)CC(C)C1. The second-order valence-corrected chi connectivity index (χ2v) is 8.15. The Balaban J connectivity index is 1.73. The van der Waals surface area contributed by atoms with Gasteiger partial charge in [-0.2, -0.15) is 0 Å². The Morgan fingerprint density at radius 3 is 2.38 bits per heavy atom. The first kappa shape index (κ1) is 19.2. The molecule has 0 spiro atoms. The van der Waals surface area contributed by atoms with Gasteiger partial charge in [0.15, 0.2) is 5.96 Å². The van der Waals surface area contributed by atoms with Gasteiger partial charge in [-0.15, -0.1) is 0 Å². The highest BCUT2D eigenvalue weighted by molar-refractivity contribution is 5.80. The Kier molecular flexibility index (Phi) is 6.17. The predicted molar refractivity (Wildman–Crippen MR) is 104 cm³/mol.